The lowest BCUT2D eigenvalue weighted by molar-refractivity contribution is -0.136. The Balaban J connectivity index is 2.40. The highest BCUT2D eigenvalue weighted by atomic mass is 32.2. The molecule has 1 fully saturated rings. The molecule has 0 bridgehead atoms. The summed E-state index contributed by atoms with van der Waals surface area (Å²) in [7, 11) is -3.42. The van der Waals surface area contributed by atoms with Crippen molar-refractivity contribution in [2.45, 2.75) is 32.7 Å². The Morgan fingerprint density at radius 2 is 2.07 bits per heavy atom. The van der Waals surface area contributed by atoms with Crippen molar-refractivity contribution in [2.24, 2.45) is 5.41 Å². The molecule has 0 amide bonds. The van der Waals surface area contributed by atoms with Gasteiger partial charge in [-0.05, 0) is 11.8 Å². The number of rotatable bonds is 5. The van der Waals surface area contributed by atoms with Gasteiger partial charge in [0.1, 0.15) is 0 Å². The average Bonchev–Trinajstić information content (AvgIpc) is 2.54. The summed E-state index contributed by atoms with van der Waals surface area (Å²) < 4.78 is 25.1. The van der Waals surface area contributed by atoms with Gasteiger partial charge in [0.2, 0.25) is 10.0 Å². The first-order valence-corrected chi connectivity index (χ1v) is 6.10. The number of hydrogen-bond donors (Lipinski definition) is 2. The molecule has 14 heavy (non-hydrogen) atoms. The number of carboxylic acid groups (broad SMARTS) is 1. The van der Waals surface area contributed by atoms with Gasteiger partial charge in [0.15, 0.2) is 0 Å². The molecule has 0 spiro atoms. The maximum atomic E-state index is 11.3. The zero-order valence-electron chi connectivity index (χ0n) is 8.28. The smallest absolute Gasteiger partial charge is 0.304 e. The Morgan fingerprint density at radius 1 is 1.57 bits per heavy atom. The second-order valence-electron chi connectivity index (χ2n) is 4.33. The fourth-order valence-corrected chi connectivity index (χ4v) is 2.56. The standard InChI is InChI=1S/C8H15NO4S/c1-8(2)5-6(8)9-14(12,13)4-3-7(10)11/h6,9H,3-5H2,1-2H3,(H,10,11). The van der Waals surface area contributed by atoms with Crippen LogP contribution in [0.15, 0.2) is 0 Å². The highest BCUT2D eigenvalue weighted by Crippen LogP contribution is 2.44. The second-order valence-corrected chi connectivity index (χ2v) is 6.20. The summed E-state index contributed by atoms with van der Waals surface area (Å²) in [5, 5.41) is 8.34. The van der Waals surface area contributed by atoms with Gasteiger partial charge in [-0.2, -0.15) is 0 Å². The van der Waals surface area contributed by atoms with E-state index in [0.29, 0.717) is 0 Å². The van der Waals surface area contributed by atoms with Crippen LogP contribution in [0.3, 0.4) is 0 Å². The lowest BCUT2D eigenvalue weighted by Gasteiger charge is -2.06. The highest BCUT2D eigenvalue weighted by molar-refractivity contribution is 7.89. The van der Waals surface area contributed by atoms with Crippen molar-refractivity contribution >= 4 is 16.0 Å². The van der Waals surface area contributed by atoms with Crippen molar-refractivity contribution in [1.82, 2.24) is 4.72 Å². The Morgan fingerprint density at radius 3 is 2.43 bits per heavy atom. The van der Waals surface area contributed by atoms with Crippen molar-refractivity contribution in [2.75, 3.05) is 5.75 Å². The first-order valence-electron chi connectivity index (χ1n) is 4.45. The van der Waals surface area contributed by atoms with E-state index in [-0.39, 0.29) is 23.6 Å². The van der Waals surface area contributed by atoms with Crippen LogP contribution >= 0.6 is 0 Å². The molecule has 0 radical (unpaired) electrons. The van der Waals surface area contributed by atoms with E-state index in [4.69, 9.17) is 5.11 Å². The van der Waals surface area contributed by atoms with Crippen molar-refractivity contribution in [3.8, 4) is 0 Å². The molecule has 1 aliphatic carbocycles. The van der Waals surface area contributed by atoms with Crippen LogP contribution < -0.4 is 4.72 Å². The monoisotopic (exact) mass is 221 g/mol. The largest absolute Gasteiger partial charge is 0.481 e. The van der Waals surface area contributed by atoms with Gasteiger partial charge in [0.25, 0.3) is 0 Å². The normalized spacial score (nSPS) is 24.6. The number of aliphatic carboxylic acids is 1. The number of nitrogens with one attached hydrogen (secondary N) is 1. The molecule has 0 aromatic heterocycles. The van der Waals surface area contributed by atoms with Gasteiger partial charge in [0, 0.05) is 6.04 Å². The topological polar surface area (TPSA) is 83.5 Å². The van der Waals surface area contributed by atoms with Crippen LogP contribution in [0.1, 0.15) is 26.7 Å². The summed E-state index contributed by atoms with van der Waals surface area (Å²) in [6.07, 6.45) is 0.474. The number of sulfonamides is 1. The molecule has 0 heterocycles. The number of hydrogen-bond acceptors (Lipinski definition) is 3. The summed E-state index contributed by atoms with van der Waals surface area (Å²) in [6.45, 7) is 3.94. The summed E-state index contributed by atoms with van der Waals surface area (Å²) in [4.78, 5) is 10.2. The van der Waals surface area contributed by atoms with Gasteiger partial charge in [0.05, 0.1) is 12.2 Å². The molecule has 0 aliphatic heterocycles. The molecule has 1 atom stereocenters. The molecule has 1 aliphatic rings. The summed E-state index contributed by atoms with van der Waals surface area (Å²) >= 11 is 0. The fourth-order valence-electron chi connectivity index (χ4n) is 1.17. The molecule has 1 unspecified atom stereocenters. The Bertz CT molecular complexity index is 333. The van der Waals surface area contributed by atoms with Crippen LogP contribution in [0, 0.1) is 5.41 Å². The Kier molecular flexibility index (Phi) is 2.87. The van der Waals surface area contributed by atoms with E-state index in [2.05, 4.69) is 4.72 Å². The third-order valence-electron chi connectivity index (χ3n) is 2.42. The zero-order valence-corrected chi connectivity index (χ0v) is 9.10. The quantitative estimate of drug-likeness (QED) is 0.693. The SMILES string of the molecule is CC1(C)CC1NS(=O)(=O)CCC(=O)O. The fraction of sp³-hybridized carbons (Fsp3) is 0.875. The molecular weight excluding hydrogens is 206 g/mol. The molecule has 0 aromatic rings. The molecule has 0 saturated heterocycles. The van der Waals surface area contributed by atoms with Gasteiger partial charge in [-0.1, -0.05) is 13.8 Å². The molecule has 1 saturated carbocycles. The maximum absolute atomic E-state index is 11.3. The summed E-state index contributed by atoms with van der Waals surface area (Å²) in [5.74, 6) is -1.43. The maximum Gasteiger partial charge on any atom is 0.304 e. The first kappa shape index (κ1) is 11.5. The van der Waals surface area contributed by atoms with Gasteiger partial charge in [-0.3, -0.25) is 4.79 Å². The van der Waals surface area contributed by atoms with E-state index in [1.807, 2.05) is 13.8 Å². The Labute approximate surface area is 83.6 Å². The minimum Gasteiger partial charge on any atom is -0.481 e. The third kappa shape index (κ3) is 3.26. The van der Waals surface area contributed by atoms with Crippen LogP contribution in [-0.4, -0.2) is 31.3 Å². The van der Waals surface area contributed by atoms with E-state index < -0.39 is 16.0 Å². The molecule has 6 heteroatoms. The number of carbonyl (C=O) groups is 1. The number of carboxylic acids is 1. The molecule has 82 valence electrons. The van der Waals surface area contributed by atoms with Gasteiger partial charge in [-0.15, -0.1) is 0 Å². The van der Waals surface area contributed by atoms with E-state index >= 15 is 0 Å². The van der Waals surface area contributed by atoms with Gasteiger partial charge in [-0.25, -0.2) is 13.1 Å². The highest BCUT2D eigenvalue weighted by Gasteiger charge is 2.47. The molecule has 0 aromatic carbocycles. The minimum atomic E-state index is -3.42. The van der Waals surface area contributed by atoms with Crippen molar-refractivity contribution in [1.29, 1.82) is 0 Å². The molecular formula is C8H15NO4S. The first-order chi connectivity index (χ1) is 6.23. The second kappa shape index (κ2) is 3.51. The van der Waals surface area contributed by atoms with Crippen molar-refractivity contribution in [3.05, 3.63) is 0 Å². The minimum absolute atomic E-state index is 0.0241. The van der Waals surface area contributed by atoms with Gasteiger partial charge < -0.3 is 5.11 Å². The Hall–Kier alpha value is -0.620. The molecule has 2 N–H and O–H groups in total. The summed E-state index contributed by atoms with van der Waals surface area (Å²) in [5.41, 5.74) is 0.0241. The van der Waals surface area contributed by atoms with E-state index in [1.54, 1.807) is 0 Å². The van der Waals surface area contributed by atoms with Crippen LogP contribution in [-0.2, 0) is 14.8 Å². The van der Waals surface area contributed by atoms with Crippen LogP contribution in [0.2, 0.25) is 0 Å². The third-order valence-corrected chi connectivity index (χ3v) is 3.81. The van der Waals surface area contributed by atoms with Crippen LogP contribution in [0.4, 0.5) is 0 Å². The lowest BCUT2D eigenvalue weighted by atomic mass is 10.2. The van der Waals surface area contributed by atoms with Crippen molar-refractivity contribution < 1.29 is 18.3 Å². The van der Waals surface area contributed by atoms with Crippen LogP contribution in [0.25, 0.3) is 0 Å². The van der Waals surface area contributed by atoms with E-state index in [1.165, 1.54) is 0 Å². The lowest BCUT2D eigenvalue weighted by Crippen LogP contribution is -2.31. The van der Waals surface area contributed by atoms with Crippen molar-refractivity contribution in [3.63, 3.8) is 0 Å². The molecule has 1 rings (SSSR count). The van der Waals surface area contributed by atoms with E-state index in [9.17, 15) is 13.2 Å². The zero-order chi connectivity index (χ0) is 11.0. The van der Waals surface area contributed by atoms with Crippen LogP contribution in [0.5, 0.6) is 0 Å². The van der Waals surface area contributed by atoms with E-state index in [0.717, 1.165) is 6.42 Å². The summed E-state index contributed by atoms with van der Waals surface area (Å²) in [6, 6.07) is -0.0266. The predicted octanol–water partition coefficient (Wildman–Crippen LogP) is 0.179. The predicted molar refractivity (Wildman–Crippen MR) is 51.4 cm³/mol. The average molecular weight is 221 g/mol. The van der Waals surface area contributed by atoms with Gasteiger partial charge >= 0.3 is 5.97 Å². The molecule has 5 nitrogen and oxygen atoms in total.